The van der Waals surface area contributed by atoms with E-state index in [1.165, 1.54) is 0 Å². The summed E-state index contributed by atoms with van der Waals surface area (Å²) in [6.07, 6.45) is 1.08. The zero-order valence-electron chi connectivity index (χ0n) is 11.3. The van der Waals surface area contributed by atoms with Crippen molar-refractivity contribution in [3.63, 3.8) is 0 Å². The van der Waals surface area contributed by atoms with E-state index in [-0.39, 0.29) is 13.0 Å². The van der Waals surface area contributed by atoms with Gasteiger partial charge in [-0.05, 0) is 18.4 Å². The van der Waals surface area contributed by atoms with Gasteiger partial charge in [0.2, 0.25) is 6.10 Å². The Morgan fingerprint density at radius 1 is 1.15 bits per heavy atom. The molecule has 1 atom stereocenters. The van der Waals surface area contributed by atoms with Gasteiger partial charge in [-0.25, -0.2) is 4.79 Å². The lowest BCUT2D eigenvalue weighted by atomic mass is 10.1. The van der Waals surface area contributed by atoms with Crippen molar-refractivity contribution in [3.8, 4) is 0 Å². The summed E-state index contributed by atoms with van der Waals surface area (Å²) < 4.78 is 4.92. The van der Waals surface area contributed by atoms with Crippen LogP contribution in [0.5, 0.6) is 0 Å². The first-order valence-electron chi connectivity index (χ1n) is 6.62. The van der Waals surface area contributed by atoms with Gasteiger partial charge in [0.15, 0.2) is 5.78 Å². The number of unbranched alkanes of at least 4 members (excludes halogenated alkanes) is 2. The van der Waals surface area contributed by atoms with E-state index in [1.807, 2.05) is 30.3 Å². The highest BCUT2D eigenvalue weighted by Gasteiger charge is 2.24. The van der Waals surface area contributed by atoms with Crippen LogP contribution in [0.15, 0.2) is 30.3 Å². The van der Waals surface area contributed by atoms with E-state index in [2.05, 4.69) is 15.9 Å². The lowest BCUT2D eigenvalue weighted by Gasteiger charge is -2.10. The third kappa shape index (κ3) is 6.30. The lowest BCUT2D eigenvalue weighted by molar-refractivity contribution is -0.158. The number of carbonyl (C=O) groups is 2. The Morgan fingerprint density at radius 3 is 2.50 bits per heavy atom. The topological polar surface area (TPSA) is 63.6 Å². The summed E-state index contributed by atoms with van der Waals surface area (Å²) in [6.45, 7) is 0.0631. The summed E-state index contributed by atoms with van der Waals surface area (Å²) in [5, 5.41) is 10.5. The van der Waals surface area contributed by atoms with Gasteiger partial charge in [-0.2, -0.15) is 0 Å². The molecule has 0 saturated heterocycles. The van der Waals surface area contributed by atoms with Crippen molar-refractivity contribution >= 4 is 27.7 Å². The molecule has 0 aromatic heterocycles. The summed E-state index contributed by atoms with van der Waals surface area (Å²) in [4.78, 5) is 23.1. The summed E-state index contributed by atoms with van der Waals surface area (Å²) in [7, 11) is 0. The minimum atomic E-state index is -1.66. The maximum Gasteiger partial charge on any atom is 0.343 e. The van der Waals surface area contributed by atoms with Crippen molar-refractivity contribution in [1.29, 1.82) is 0 Å². The van der Waals surface area contributed by atoms with Crippen LogP contribution in [0.1, 0.15) is 31.2 Å². The molecule has 1 aromatic rings. The highest BCUT2D eigenvalue weighted by Crippen LogP contribution is 2.07. The molecule has 0 fully saturated rings. The monoisotopic (exact) mass is 342 g/mol. The number of halogens is 1. The smallest absolute Gasteiger partial charge is 0.343 e. The molecule has 0 heterocycles. The fraction of sp³-hybridized carbons (Fsp3) is 0.467. The molecule has 1 unspecified atom stereocenters. The molecule has 1 rings (SSSR count). The highest BCUT2D eigenvalue weighted by molar-refractivity contribution is 9.09. The Morgan fingerprint density at radius 2 is 1.85 bits per heavy atom. The molecule has 5 heteroatoms. The minimum absolute atomic E-state index is 0.0631. The van der Waals surface area contributed by atoms with Crippen molar-refractivity contribution < 1.29 is 19.4 Å². The van der Waals surface area contributed by atoms with E-state index in [0.29, 0.717) is 6.42 Å². The van der Waals surface area contributed by atoms with Gasteiger partial charge >= 0.3 is 5.97 Å². The first kappa shape index (κ1) is 16.9. The largest absolute Gasteiger partial charge is 0.459 e. The standard InChI is InChI=1S/C15H19BrO4/c16-10-6-2-5-9-13(17)14(18)15(19)20-11-12-7-3-1-4-8-12/h1,3-4,7-8,14,18H,2,5-6,9-11H2. The van der Waals surface area contributed by atoms with Crippen LogP contribution in [-0.2, 0) is 20.9 Å². The number of aliphatic hydroxyl groups excluding tert-OH is 1. The van der Waals surface area contributed by atoms with Gasteiger partial charge in [-0.3, -0.25) is 4.79 Å². The number of hydrogen-bond acceptors (Lipinski definition) is 4. The Labute approximate surface area is 127 Å². The van der Waals surface area contributed by atoms with Gasteiger partial charge < -0.3 is 9.84 Å². The Bertz CT molecular complexity index is 419. The van der Waals surface area contributed by atoms with Crippen LogP contribution in [-0.4, -0.2) is 28.3 Å². The molecule has 4 nitrogen and oxygen atoms in total. The number of hydrogen-bond donors (Lipinski definition) is 1. The summed E-state index contributed by atoms with van der Waals surface area (Å²) in [5.41, 5.74) is 0.817. The Kier molecular flexibility index (Phi) is 8.14. The molecule has 0 bridgehead atoms. The first-order valence-corrected chi connectivity index (χ1v) is 7.74. The lowest BCUT2D eigenvalue weighted by Crippen LogP contribution is -2.31. The molecule has 0 aliphatic heterocycles. The van der Waals surface area contributed by atoms with E-state index in [9.17, 15) is 14.7 Å². The van der Waals surface area contributed by atoms with Crippen molar-refractivity contribution in [2.45, 2.75) is 38.4 Å². The molecule has 1 N–H and O–H groups in total. The second-order valence-corrected chi connectivity index (χ2v) is 5.25. The quantitative estimate of drug-likeness (QED) is 0.324. The maximum absolute atomic E-state index is 11.6. The summed E-state index contributed by atoms with van der Waals surface area (Å²) in [6, 6.07) is 9.13. The number of alkyl halides is 1. The highest BCUT2D eigenvalue weighted by atomic mass is 79.9. The number of ketones is 1. The van der Waals surface area contributed by atoms with Crippen LogP contribution in [0.4, 0.5) is 0 Å². The van der Waals surface area contributed by atoms with Crippen LogP contribution in [0.25, 0.3) is 0 Å². The molecule has 0 amide bonds. The molecule has 0 radical (unpaired) electrons. The van der Waals surface area contributed by atoms with Gasteiger partial charge in [-0.15, -0.1) is 0 Å². The number of carbonyl (C=O) groups excluding carboxylic acids is 2. The fourth-order valence-electron chi connectivity index (χ4n) is 1.65. The molecule has 20 heavy (non-hydrogen) atoms. The number of aliphatic hydroxyl groups is 1. The van der Waals surface area contributed by atoms with Gasteiger partial charge in [0, 0.05) is 11.8 Å². The van der Waals surface area contributed by atoms with E-state index in [4.69, 9.17) is 4.74 Å². The molecule has 0 spiro atoms. The SMILES string of the molecule is O=C(CCCCCBr)C(O)C(=O)OCc1ccccc1. The Balaban J connectivity index is 2.29. The second kappa shape index (κ2) is 9.66. The molecule has 0 aliphatic carbocycles. The van der Waals surface area contributed by atoms with Crippen molar-refractivity contribution in [1.82, 2.24) is 0 Å². The average Bonchev–Trinajstić information content (AvgIpc) is 2.49. The van der Waals surface area contributed by atoms with Crippen LogP contribution in [0, 0.1) is 0 Å². The minimum Gasteiger partial charge on any atom is -0.459 e. The first-order chi connectivity index (χ1) is 9.65. The summed E-state index contributed by atoms with van der Waals surface area (Å²) in [5.74, 6) is -1.35. The number of rotatable bonds is 9. The van der Waals surface area contributed by atoms with Crippen LogP contribution < -0.4 is 0 Å². The molecule has 0 aliphatic rings. The number of benzene rings is 1. The normalized spacial score (nSPS) is 11.9. The zero-order valence-corrected chi connectivity index (χ0v) is 12.8. The van der Waals surface area contributed by atoms with Crippen LogP contribution >= 0.6 is 15.9 Å². The van der Waals surface area contributed by atoms with Crippen molar-refractivity contribution in [2.24, 2.45) is 0 Å². The third-order valence-electron chi connectivity index (χ3n) is 2.81. The van der Waals surface area contributed by atoms with E-state index in [0.717, 1.165) is 23.7 Å². The van der Waals surface area contributed by atoms with E-state index in [1.54, 1.807) is 0 Å². The number of esters is 1. The average molecular weight is 343 g/mol. The third-order valence-corrected chi connectivity index (χ3v) is 3.37. The maximum atomic E-state index is 11.6. The fourth-order valence-corrected chi connectivity index (χ4v) is 2.04. The van der Waals surface area contributed by atoms with Gasteiger partial charge in [0.25, 0.3) is 0 Å². The molecule has 110 valence electrons. The van der Waals surface area contributed by atoms with Crippen LogP contribution in [0.2, 0.25) is 0 Å². The van der Waals surface area contributed by atoms with Crippen molar-refractivity contribution in [3.05, 3.63) is 35.9 Å². The van der Waals surface area contributed by atoms with E-state index < -0.39 is 17.9 Å². The van der Waals surface area contributed by atoms with E-state index >= 15 is 0 Å². The van der Waals surface area contributed by atoms with Gasteiger partial charge in [0.1, 0.15) is 6.61 Å². The molecular weight excluding hydrogens is 324 g/mol. The molecule has 1 aromatic carbocycles. The number of Topliss-reactive ketones (excluding diaryl/α,β-unsaturated/α-hetero) is 1. The molecule has 0 saturated carbocycles. The predicted molar refractivity (Wildman–Crippen MR) is 79.5 cm³/mol. The summed E-state index contributed by atoms with van der Waals surface area (Å²) >= 11 is 3.30. The van der Waals surface area contributed by atoms with Gasteiger partial charge in [-0.1, -0.05) is 52.7 Å². The second-order valence-electron chi connectivity index (χ2n) is 4.46. The number of ether oxygens (including phenoxy) is 1. The Hall–Kier alpha value is -1.20. The zero-order chi connectivity index (χ0) is 14.8. The molecular formula is C15H19BrO4. The predicted octanol–water partition coefficient (Wildman–Crippen LogP) is 2.62. The van der Waals surface area contributed by atoms with Crippen molar-refractivity contribution in [2.75, 3.05) is 5.33 Å². The van der Waals surface area contributed by atoms with Gasteiger partial charge in [0.05, 0.1) is 0 Å². The van der Waals surface area contributed by atoms with Crippen LogP contribution in [0.3, 0.4) is 0 Å².